The van der Waals surface area contributed by atoms with E-state index in [9.17, 15) is 14.9 Å². The zero-order chi connectivity index (χ0) is 23.2. The van der Waals surface area contributed by atoms with E-state index in [1.54, 1.807) is 36.4 Å². The van der Waals surface area contributed by atoms with Crippen molar-refractivity contribution in [2.24, 2.45) is 5.10 Å². The van der Waals surface area contributed by atoms with Gasteiger partial charge in [-0.2, -0.15) is 5.10 Å². The summed E-state index contributed by atoms with van der Waals surface area (Å²) in [5, 5.41) is 20.2. The Morgan fingerprint density at radius 1 is 0.941 bits per heavy atom. The summed E-state index contributed by atoms with van der Waals surface area (Å²) >= 11 is 0. The molecule has 0 bridgehead atoms. The lowest BCUT2D eigenvalue weighted by atomic mass is 10.0. The van der Waals surface area contributed by atoms with Crippen molar-refractivity contribution in [2.75, 3.05) is 18.9 Å². The Morgan fingerprint density at radius 2 is 1.65 bits per heavy atom. The van der Waals surface area contributed by atoms with E-state index >= 15 is 0 Å². The van der Waals surface area contributed by atoms with Crippen molar-refractivity contribution in [3.05, 3.63) is 81.4 Å². The first-order valence-corrected chi connectivity index (χ1v) is 10.3. The number of ether oxygens (including phenoxy) is 4. The summed E-state index contributed by atoms with van der Waals surface area (Å²) in [6, 6.07) is 14.7. The van der Waals surface area contributed by atoms with Gasteiger partial charge in [0.05, 0.1) is 22.4 Å². The van der Waals surface area contributed by atoms with Gasteiger partial charge in [-0.25, -0.2) is 5.01 Å². The number of nitro groups is 1. The largest absolute Gasteiger partial charge is 0.454 e. The first-order chi connectivity index (χ1) is 16.6. The molecule has 0 fully saturated rings. The maximum Gasteiger partial charge on any atom is 0.278 e. The van der Waals surface area contributed by atoms with Crippen molar-refractivity contribution in [1.82, 2.24) is 5.01 Å². The number of carbonyl (C=O) groups excluding carboxylic acids is 1. The minimum absolute atomic E-state index is 0.108. The van der Waals surface area contributed by atoms with Crippen LogP contribution in [0.2, 0.25) is 0 Å². The summed E-state index contributed by atoms with van der Waals surface area (Å²) in [5.74, 6) is 1.95. The zero-order valence-electron chi connectivity index (χ0n) is 17.5. The number of benzene rings is 3. The number of hydrogen-bond donors (Lipinski definition) is 1. The first kappa shape index (κ1) is 19.9. The van der Waals surface area contributed by atoms with Crippen LogP contribution in [0.5, 0.6) is 23.0 Å². The molecule has 0 saturated carbocycles. The topological polar surface area (TPSA) is 125 Å². The van der Waals surface area contributed by atoms with E-state index in [0.717, 1.165) is 0 Å². The molecule has 6 rings (SSSR count). The van der Waals surface area contributed by atoms with Crippen LogP contribution in [-0.4, -0.2) is 35.6 Å². The number of hydrogen-bond acceptors (Lipinski definition) is 9. The summed E-state index contributed by atoms with van der Waals surface area (Å²) < 4.78 is 21.6. The molecular formula is C23H16N4O7. The third-order valence-electron chi connectivity index (χ3n) is 5.63. The standard InChI is InChI=1S/C23H16N4O7/c28-23-16-4-3-15(27(29)30)9-17(16)25-22(14-2-6-19-21(8-14)34-12-32-19)26(23)24-10-13-1-5-18-20(7-13)33-11-31-18/h1-10,22,25H,11-12H2. The molecule has 1 N–H and O–H groups in total. The normalized spacial score (nSPS) is 17.6. The van der Waals surface area contributed by atoms with Crippen LogP contribution in [0.4, 0.5) is 11.4 Å². The van der Waals surface area contributed by atoms with Gasteiger partial charge in [-0.3, -0.25) is 14.9 Å². The van der Waals surface area contributed by atoms with Crippen molar-refractivity contribution in [1.29, 1.82) is 0 Å². The monoisotopic (exact) mass is 460 g/mol. The third-order valence-corrected chi connectivity index (χ3v) is 5.63. The van der Waals surface area contributed by atoms with E-state index in [4.69, 9.17) is 18.9 Å². The average Bonchev–Trinajstić information content (AvgIpc) is 3.51. The van der Waals surface area contributed by atoms with Gasteiger partial charge in [0.1, 0.15) is 0 Å². The van der Waals surface area contributed by atoms with Gasteiger partial charge < -0.3 is 24.3 Å². The highest BCUT2D eigenvalue weighted by Gasteiger charge is 2.35. The van der Waals surface area contributed by atoms with E-state index in [2.05, 4.69) is 10.4 Å². The van der Waals surface area contributed by atoms with Crippen LogP contribution in [0.3, 0.4) is 0 Å². The Hall–Kier alpha value is -4.80. The van der Waals surface area contributed by atoms with Crippen LogP contribution in [0.15, 0.2) is 59.7 Å². The number of rotatable bonds is 4. The smallest absolute Gasteiger partial charge is 0.278 e. The second kappa shape index (κ2) is 7.66. The number of non-ortho nitro benzene ring substituents is 1. The van der Waals surface area contributed by atoms with Gasteiger partial charge >= 0.3 is 0 Å². The molecule has 170 valence electrons. The van der Waals surface area contributed by atoms with E-state index in [-0.39, 0.29) is 24.8 Å². The maximum absolute atomic E-state index is 13.4. The predicted molar refractivity (Wildman–Crippen MR) is 118 cm³/mol. The van der Waals surface area contributed by atoms with Crippen molar-refractivity contribution >= 4 is 23.5 Å². The molecule has 1 atom stereocenters. The van der Waals surface area contributed by atoms with E-state index in [0.29, 0.717) is 39.8 Å². The fourth-order valence-corrected chi connectivity index (χ4v) is 3.95. The van der Waals surface area contributed by atoms with Gasteiger partial charge in [-0.1, -0.05) is 6.07 Å². The zero-order valence-corrected chi connectivity index (χ0v) is 17.5. The van der Waals surface area contributed by atoms with Crippen molar-refractivity contribution in [3.63, 3.8) is 0 Å². The molecule has 3 heterocycles. The molecule has 1 amide bonds. The maximum atomic E-state index is 13.4. The molecule has 3 aliphatic rings. The first-order valence-electron chi connectivity index (χ1n) is 10.3. The van der Waals surface area contributed by atoms with Gasteiger partial charge in [0, 0.05) is 17.7 Å². The van der Waals surface area contributed by atoms with Crippen LogP contribution in [0.25, 0.3) is 0 Å². The highest BCUT2D eigenvalue weighted by Crippen LogP contribution is 2.40. The highest BCUT2D eigenvalue weighted by molar-refractivity contribution is 6.02. The van der Waals surface area contributed by atoms with Gasteiger partial charge in [-0.05, 0) is 42.0 Å². The van der Waals surface area contributed by atoms with Crippen LogP contribution in [0, 0.1) is 10.1 Å². The lowest BCUT2D eigenvalue weighted by Crippen LogP contribution is -2.39. The Bertz CT molecular complexity index is 1370. The number of hydrazone groups is 1. The molecular weight excluding hydrogens is 444 g/mol. The highest BCUT2D eigenvalue weighted by atomic mass is 16.7. The number of anilines is 1. The summed E-state index contributed by atoms with van der Waals surface area (Å²) in [7, 11) is 0. The molecule has 3 aromatic carbocycles. The summed E-state index contributed by atoms with van der Waals surface area (Å²) in [5.41, 5.74) is 1.86. The molecule has 11 heteroatoms. The van der Waals surface area contributed by atoms with E-state index < -0.39 is 17.0 Å². The van der Waals surface area contributed by atoms with Gasteiger partial charge in [0.2, 0.25) is 13.6 Å². The van der Waals surface area contributed by atoms with Gasteiger partial charge in [0.15, 0.2) is 29.2 Å². The average molecular weight is 460 g/mol. The minimum Gasteiger partial charge on any atom is -0.454 e. The molecule has 1 unspecified atom stereocenters. The van der Waals surface area contributed by atoms with Crippen molar-refractivity contribution in [2.45, 2.75) is 6.17 Å². The lowest BCUT2D eigenvalue weighted by Gasteiger charge is -2.34. The number of nitrogens with zero attached hydrogens (tertiary/aromatic N) is 3. The fraction of sp³-hybridized carbons (Fsp3) is 0.130. The van der Waals surface area contributed by atoms with Crippen LogP contribution >= 0.6 is 0 Å². The van der Waals surface area contributed by atoms with Crippen LogP contribution in [0.1, 0.15) is 27.7 Å². The second-order valence-electron chi connectivity index (χ2n) is 7.65. The predicted octanol–water partition coefficient (Wildman–Crippen LogP) is 3.65. The Morgan fingerprint density at radius 3 is 2.41 bits per heavy atom. The molecule has 0 saturated heterocycles. The molecule has 0 radical (unpaired) electrons. The Balaban J connectivity index is 1.40. The van der Waals surface area contributed by atoms with Crippen molar-refractivity contribution in [3.8, 4) is 23.0 Å². The molecule has 34 heavy (non-hydrogen) atoms. The Kier molecular flexibility index (Phi) is 4.47. The van der Waals surface area contributed by atoms with Crippen LogP contribution in [-0.2, 0) is 0 Å². The molecule has 0 aromatic heterocycles. The summed E-state index contributed by atoms with van der Waals surface area (Å²) in [6.07, 6.45) is 0.791. The number of nitrogens with one attached hydrogen (secondary N) is 1. The minimum atomic E-state index is -0.748. The van der Waals surface area contributed by atoms with Crippen molar-refractivity contribution < 1.29 is 28.7 Å². The second-order valence-corrected chi connectivity index (χ2v) is 7.65. The fourth-order valence-electron chi connectivity index (χ4n) is 3.95. The lowest BCUT2D eigenvalue weighted by molar-refractivity contribution is -0.384. The molecule has 0 aliphatic carbocycles. The summed E-state index contributed by atoms with van der Waals surface area (Å²) in [4.78, 5) is 24.2. The molecule has 0 spiro atoms. The van der Waals surface area contributed by atoms with Gasteiger partial charge in [0.25, 0.3) is 11.6 Å². The van der Waals surface area contributed by atoms with Crippen LogP contribution < -0.4 is 24.3 Å². The molecule has 11 nitrogen and oxygen atoms in total. The number of nitro benzene ring substituents is 1. The van der Waals surface area contributed by atoms with E-state index in [1.165, 1.54) is 29.4 Å². The summed E-state index contributed by atoms with van der Waals surface area (Å²) in [6.45, 7) is 0.260. The Labute approximate surface area is 192 Å². The molecule has 3 aliphatic heterocycles. The quantitative estimate of drug-likeness (QED) is 0.355. The third kappa shape index (κ3) is 3.30. The van der Waals surface area contributed by atoms with E-state index in [1.807, 2.05) is 0 Å². The molecule has 3 aromatic rings. The SMILES string of the molecule is O=C1c2ccc([N+](=O)[O-])cc2NC(c2ccc3c(c2)OCO3)N1N=Cc1ccc2c(c1)OCO2. The number of carbonyl (C=O) groups is 1. The number of amides is 1. The van der Waals surface area contributed by atoms with Gasteiger partial charge in [-0.15, -0.1) is 0 Å². The number of fused-ring (bicyclic) bond motifs is 3.